The molecule has 0 spiro atoms. The number of hydrogen-bond acceptors (Lipinski definition) is 4. The van der Waals surface area contributed by atoms with Crippen molar-refractivity contribution in [2.45, 2.75) is 25.8 Å². The second kappa shape index (κ2) is 6.77. The Morgan fingerprint density at radius 3 is 2.47 bits per heavy atom. The third-order valence-electron chi connectivity index (χ3n) is 1.60. The molecule has 0 saturated carbocycles. The first-order valence-corrected chi connectivity index (χ1v) is 4.56. The van der Waals surface area contributed by atoms with Gasteiger partial charge in [0.15, 0.2) is 5.96 Å². The van der Waals surface area contributed by atoms with Crippen LogP contribution in [0.4, 0.5) is 0 Å². The minimum Gasteiger partial charge on any atom is -0.370 e. The van der Waals surface area contributed by atoms with Crippen molar-refractivity contribution in [1.82, 2.24) is 5.32 Å². The fraction of sp³-hybridized carbons (Fsp3) is 0.625. The summed E-state index contributed by atoms with van der Waals surface area (Å²) < 4.78 is 0. The molecular formula is C8H17N5O2. The molecule has 1 unspecified atom stereocenters. The van der Waals surface area contributed by atoms with Gasteiger partial charge in [0.1, 0.15) is 0 Å². The van der Waals surface area contributed by atoms with Gasteiger partial charge in [-0.15, -0.1) is 0 Å². The van der Waals surface area contributed by atoms with Crippen LogP contribution in [0.2, 0.25) is 0 Å². The Balaban J connectivity index is 3.74. The first kappa shape index (κ1) is 13.4. The zero-order valence-corrected chi connectivity index (χ0v) is 8.69. The molecule has 15 heavy (non-hydrogen) atoms. The predicted octanol–water partition coefficient (Wildman–Crippen LogP) is -1.97. The molecule has 0 aliphatic carbocycles. The van der Waals surface area contributed by atoms with Gasteiger partial charge in [-0.3, -0.25) is 19.9 Å². The Kier molecular flexibility index (Phi) is 6.03. The summed E-state index contributed by atoms with van der Waals surface area (Å²) in [5, 5.41) is 2.10. The second-order valence-corrected chi connectivity index (χ2v) is 3.10. The number of amides is 2. The van der Waals surface area contributed by atoms with Crippen LogP contribution in [0.15, 0.2) is 4.99 Å². The summed E-state index contributed by atoms with van der Waals surface area (Å²) in [6.07, 6.45) is 1.01. The van der Waals surface area contributed by atoms with Crippen molar-refractivity contribution in [2.24, 2.45) is 22.2 Å². The third kappa shape index (κ3) is 7.44. The van der Waals surface area contributed by atoms with Gasteiger partial charge in [-0.25, -0.2) is 0 Å². The monoisotopic (exact) mass is 215 g/mol. The van der Waals surface area contributed by atoms with Gasteiger partial charge in [-0.2, -0.15) is 0 Å². The third-order valence-corrected chi connectivity index (χ3v) is 1.60. The van der Waals surface area contributed by atoms with E-state index in [4.69, 9.17) is 17.2 Å². The molecule has 0 aromatic carbocycles. The molecule has 7 heteroatoms. The maximum Gasteiger partial charge on any atom is 0.243 e. The van der Waals surface area contributed by atoms with Crippen LogP contribution in [-0.2, 0) is 9.59 Å². The number of rotatable bonds is 5. The van der Waals surface area contributed by atoms with Gasteiger partial charge >= 0.3 is 0 Å². The number of carbonyl (C=O) groups is 2. The number of nitrogens with two attached hydrogens (primary N) is 3. The maximum atomic E-state index is 11.1. The smallest absolute Gasteiger partial charge is 0.243 e. The van der Waals surface area contributed by atoms with Gasteiger partial charge in [0.25, 0.3) is 0 Å². The van der Waals surface area contributed by atoms with E-state index in [1.54, 1.807) is 0 Å². The van der Waals surface area contributed by atoms with E-state index in [1.807, 2.05) is 0 Å². The first-order valence-electron chi connectivity index (χ1n) is 4.56. The van der Waals surface area contributed by atoms with Gasteiger partial charge in [0.05, 0.1) is 6.04 Å². The lowest BCUT2D eigenvalue weighted by Crippen LogP contribution is -2.42. The maximum absolute atomic E-state index is 11.1. The van der Waals surface area contributed by atoms with Gasteiger partial charge in [-0.05, 0) is 12.8 Å². The van der Waals surface area contributed by atoms with E-state index in [0.717, 1.165) is 0 Å². The number of carbonyl (C=O) groups excluding carboxylic acids is 2. The van der Waals surface area contributed by atoms with E-state index >= 15 is 0 Å². The largest absolute Gasteiger partial charge is 0.370 e. The Labute approximate surface area is 88.1 Å². The number of imide groups is 1. The van der Waals surface area contributed by atoms with Crippen molar-refractivity contribution in [2.75, 3.05) is 6.54 Å². The van der Waals surface area contributed by atoms with Gasteiger partial charge in [0.2, 0.25) is 11.8 Å². The molecule has 0 aromatic heterocycles. The lowest BCUT2D eigenvalue weighted by atomic mass is 10.1. The SMILES string of the molecule is CC(=O)NC(=O)C(N)CCCN=C(N)N. The fourth-order valence-electron chi connectivity index (χ4n) is 0.917. The molecule has 0 aliphatic rings. The lowest BCUT2D eigenvalue weighted by Gasteiger charge is -2.09. The van der Waals surface area contributed by atoms with Gasteiger partial charge in [0, 0.05) is 13.5 Å². The van der Waals surface area contributed by atoms with Crippen LogP contribution in [0.3, 0.4) is 0 Å². The minimum absolute atomic E-state index is 0.0109. The molecule has 7 N–H and O–H groups in total. The summed E-state index contributed by atoms with van der Waals surface area (Å²) in [5.41, 5.74) is 15.7. The average molecular weight is 215 g/mol. The average Bonchev–Trinajstić information content (AvgIpc) is 2.10. The number of hydrogen-bond donors (Lipinski definition) is 4. The number of nitrogens with zero attached hydrogens (tertiary/aromatic N) is 1. The van der Waals surface area contributed by atoms with E-state index in [1.165, 1.54) is 6.92 Å². The molecule has 0 aliphatic heterocycles. The summed E-state index contributed by atoms with van der Waals surface area (Å²) in [5.74, 6) is -0.886. The molecule has 0 saturated heterocycles. The molecule has 0 radical (unpaired) electrons. The Morgan fingerprint density at radius 2 is 2.00 bits per heavy atom. The Bertz CT molecular complexity index is 260. The highest BCUT2D eigenvalue weighted by Crippen LogP contribution is 1.95. The van der Waals surface area contributed by atoms with Gasteiger partial charge < -0.3 is 17.2 Å². The summed E-state index contributed by atoms with van der Waals surface area (Å²) in [4.78, 5) is 25.4. The van der Waals surface area contributed by atoms with E-state index in [9.17, 15) is 9.59 Å². The van der Waals surface area contributed by atoms with Crippen LogP contribution in [0.5, 0.6) is 0 Å². The highest BCUT2D eigenvalue weighted by molar-refractivity contribution is 5.96. The van der Waals surface area contributed by atoms with Crippen LogP contribution < -0.4 is 22.5 Å². The van der Waals surface area contributed by atoms with Crippen LogP contribution >= 0.6 is 0 Å². The van der Waals surface area contributed by atoms with E-state index in [2.05, 4.69) is 10.3 Å². The minimum atomic E-state index is -0.705. The summed E-state index contributed by atoms with van der Waals surface area (Å²) >= 11 is 0. The Morgan fingerprint density at radius 1 is 1.40 bits per heavy atom. The van der Waals surface area contributed by atoms with E-state index in [0.29, 0.717) is 19.4 Å². The summed E-state index contributed by atoms with van der Waals surface area (Å²) in [7, 11) is 0. The van der Waals surface area contributed by atoms with Crippen LogP contribution in [-0.4, -0.2) is 30.4 Å². The van der Waals surface area contributed by atoms with Crippen molar-refractivity contribution in [3.8, 4) is 0 Å². The highest BCUT2D eigenvalue weighted by atomic mass is 16.2. The molecule has 0 heterocycles. The molecule has 0 bridgehead atoms. The number of guanidine groups is 1. The number of aliphatic imine (C=N–C) groups is 1. The molecule has 86 valence electrons. The molecule has 0 aromatic rings. The summed E-state index contributed by atoms with van der Waals surface area (Å²) in [6.45, 7) is 1.67. The van der Waals surface area contributed by atoms with Gasteiger partial charge in [-0.1, -0.05) is 0 Å². The highest BCUT2D eigenvalue weighted by Gasteiger charge is 2.13. The topological polar surface area (TPSA) is 137 Å². The molecule has 7 nitrogen and oxygen atoms in total. The predicted molar refractivity (Wildman–Crippen MR) is 56.7 cm³/mol. The van der Waals surface area contributed by atoms with E-state index in [-0.39, 0.29) is 5.96 Å². The van der Waals surface area contributed by atoms with Crippen molar-refractivity contribution >= 4 is 17.8 Å². The van der Waals surface area contributed by atoms with Crippen LogP contribution in [0.25, 0.3) is 0 Å². The summed E-state index contributed by atoms with van der Waals surface area (Å²) in [6, 6.07) is -0.705. The van der Waals surface area contributed by atoms with Crippen LogP contribution in [0.1, 0.15) is 19.8 Å². The molecular weight excluding hydrogens is 198 g/mol. The second-order valence-electron chi connectivity index (χ2n) is 3.10. The molecule has 1 atom stereocenters. The van der Waals surface area contributed by atoms with Crippen molar-refractivity contribution in [1.29, 1.82) is 0 Å². The molecule has 0 rings (SSSR count). The zero-order valence-electron chi connectivity index (χ0n) is 8.69. The first-order chi connectivity index (χ1) is 6.93. The lowest BCUT2D eigenvalue weighted by molar-refractivity contribution is -0.130. The molecule has 0 fully saturated rings. The quantitative estimate of drug-likeness (QED) is 0.239. The normalized spacial score (nSPS) is 11.6. The molecule has 2 amide bonds. The standard InChI is InChI=1S/C8H17N5O2/c1-5(14)13-7(15)6(9)3-2-4-12-8(10)11/h6H,2-4,9H2,1H3,(H4,10,11,12)(H,13,14,15). The van der Waals surface area contributed by atoms with E-state index < -0.39 is 17.9 Å². The van der Waals surface area contributed by atoms with Crippen molar-refractivity contribution in [3.63, 3.8) is 0 Å². The van der Waals surface area contributed by atoms with Crippen LogP contribution in [0, 0.1) is 0 Å². The zero-order chi connectivity index (χ0) is 11.8. The fourth-order valence-corrected chi connectivity index (χ4v) is 0.917. The van der Waals surface area contributed by atoms with Crippen molar-refractivity contribution < 1.29 is 9.59 Å². The number of nitrogens with one attached hydrogen (secondary N) is 1. The van der Waals surface area contributed by atoms with Crippen molar-refractivity contribution in [3.05, 3.63) is 0 Å². The Hall–Kier alpha value is -1.63.